The van der Waals surface area contributed by atoms with Crippen LogP contribution in [0.2, 0.25) is 5.02 Å². The second-order valence-electron chi connectivity index (χ2n) is 8.00. The summed E-state index contributed by atoms with van der Waals surface area (Å²) in [5, 5.41) is 1.32. The molecule has 1 aliphatic rings. The van der Waals surface area contributed by atoms with Gasteiger partial charge in [0.15, 0.2) is 0 Å². The van der Waals surface area contributed by atoms with Crippen molar-refractivity contribution in [3.8, 4) is 5.75 Å². The molecule has 0 radical (unpaired) electrons. The van der Waals surface area contributed by atoms with Gasteiger partial charge in [-0.2, -0.15) is 0 Å². The maximum Gasteiger partial charge on any atom is 0.293 e. The molecule has 176 valence electrons. The SMILES string of the molecule is O=C1S/C(=C\c2cn(CCOc3ccccc3)c3ccc(Br)cc23)C(=O)N1Cc1ccc(Cl)cc1. The Kier molecular flexibility index (Phi) is 7.00. The molecular weight excluding hydrogens is 548 g/mol. The summed E-state index contributed by atoms with van der Waals surface area (Å²) in [7, 11) is 0. The first kappa shape index (κ1) is 23.7. The predicted octanol–water partition coefficient (Wildman–Crippen LogP) is 7.37. The minimum atomic E-state index is -0.293. The van der Waals surface area contributed by atoms with Gasteiger partial charge in [0, 0.05) is 32.2 Å². The molecule has 0 unspecified atom stereocenters. The Labute approximate surface area is 220 Å². The minimum absolute atomic E-state index is 0.212. The predicted molar refractivity (Wildman–Crippen MR) is 145 cm³/mol. The Bertz CT molecular complexity index is 1430. The van der Waals surface area contributed by atoms with Gasteiger partial charge in [0.2, 0.25) is 0 Å². The number of para-hydroxylation sites is 1. The van der Waals surface area contributed by atoms with Gasteiger partial charge >= 0.3 is 0 Å². The molecule has 35 heavy (non-hydrogen) atoms. The molecule has 8 heteroatoms. The summed E-state index contributed by atoms with van der Waals surface area (Å²) in [6.45, 7) is 1.35. The Morgan fingerprint density at radius 3 is 2.54 bits per heavy atom. The molecule has 4 aromatic rings. The molecule has 2 heterocycles. The molecule has 5 rings (SSSR count). The standard InChI is InChI=1S/C27H20BrClN2O3S/c28-20-8-11-24-23(15-20)19(17-30(24)12-13-34-22-4-2-1-3-5-22)14-25-26(32)31(27(33)35-25)16-18-6-9-21(29)10-7-18/h1-11,14-15,17H,12-13,16H2/b25-14-. The zero-order chi connectivity index (χ0) is 24.4. The zero-order valence-electron chi connectivity index (χ0n) is 18.5. The van der Waals surface area contributed by atoms with Crippen LogP contribution in [0.1, 0.15) is 11.1 Å². The normalized spacial score (nSPS) is 14.9. The number of amides is 2. The molecule has 0 atom stereocenters. The van der Waals surface area contributed by atoms with Gasteiger partial charge in [0.25, 0.3) is 11.1 Å². The Morgan fingerprint density at radius 2 is 1.77 bits per heavy atom. The van der Waals surface area contributed by atoms with E-state index in [9.17, 15) is 9.59 Å². The minimum Gasteiger partial charge on any atom is -0.492 e. The molecule has 1 aromatic heterocycles. The van der Waals surface area contributed by atoms with E-state index >= 15 is 0 Å². The van der Waals surface area contributed by atoms with Gasteiger partial charge in [-0.1, -0.05) is 57.9 Å². The van der Waals surface area contributed by atoms with Crippen LogP contribution in [-0.2, 0) is 17.9 Å². The number of thioether (sulfide) groups is 1. The molecule has 1 aliphatic heterocycles. The lowest BCUT2D eigenvalue weighted by atomic mass is 10.1. The fourth-order valence-electron chi connectivity index (χ4n) is 3.93. The average Bonchev–Trinajstić information content (AvgIpc) is 3.32. The first-order valence-electron chi connectivity index (χ1n) is 10.9. The number of carbonyl (C=O) groups is 2. The maximum atomic E-state index is 13.1. The van der Waals surface area contributed by atoms with Crippen molar-refractivity contribution in [3.63, 3.8) is 0 Å². The lowest BCUT2D eigenvalue weighted by Gasteiger charge is -2.12. The third kappa shape index (κ3) is 5.32. The molecule has 0 saturated carbocycles. The van der Waals surface area contributed by atoms with Crippen molar-refractivity contribution >= 4 is 67.4 Å². The fraction of sp³-hybridized carbons (Fsp3) is 0.111. The van der Waals surface area contributed by atoms with Crippen LogP contribution >= 0.6 is 39.3 Å². The number of fused-ring (bicyclic) bond motifs is 1. The van der Waals surface area contributed by atoms with Crippen molar-refractivity contribution in [2.24, 2.45) is 0 Å². The summed E-state index contributed by atoms with van der Waals surface area (Å²) in [6, 6.07) is 22.9. The number of carbonyl (C=O) groups excluding carboxylic acids is 2. The van der Waals surface area contributed by atoms with E-state index in [1.165, 1.54) is 4.90 Å². The van der Waals surface area contributed by atoms with Crippen LogP contribution in [0.15, 0.2) is 88.4 Å². The smallest absolute Gasteiger partial charge is 0.293 e. The third-order valence-corrected chi connectivity index (χ3v) is 7.28. The number of hydrogen-bond acceptors (Lipinski definition) is 4. The number of benzene rings is 3. The Balaban J connectivity index is 1.39. The molecule has 1 fully saturated rings. The molecule has 0 N–H and O–H groups in total. The summed E-state index contributed by atoms with van der Waals surface area (Å²) in [6.07, 6.45) is 3.80. The van der Waals surface area contributed by atoms with Crippen molar-refractivity contribution in [2.45, 2.75) is 13.1 Å². The van der Waals surface area contributed by atoms with Crippen LogP contribution in [0.3, 0.4) is 0 Å². The van der Waals surface area contributed by atoms with Crippen LogP contribution in [0.25, 0.3) is 17.0 Å². The molecular formula is C27H20BrClN2O3S. The van der Waals surface area contributed by atoms with Crippen molar-refractivity contribution in [3.05, 3.63) is 105 Å². The lowest BCUT2D eigenvalue weighted by Crippen LogP contribution is -2.27. The van der Waals surface area contributed by atoms with Gasteiger partial charge in [-0.05, 0) is 65.9 Å². The largest absolute Gasteiger partial charge is 0.492 e. The van der Waals surface area contributed by atoms with E-state index < -0.39 is 0 Å². The number of nitrogens with zero attached hydrogens (tertiary/aromatic N) is 2. The summed E-state index contributed by atoms with van der Waals surface area (Å²) in [4.78, 5) is 27.4. The van der Waals surface area contributed by atoms with Crippen LogP contribution in [0, 0.1) is 0 Å². The second-order valence-corrected chi connectivity index (χ2v) is 10.3. The fourth-order valence-corrected chi connectivity index (χ4v) is 5.24. The van der Waals surface area contributed by atoms with E-state index in [1.807, 2.05) is 66.9 Å². The lowest BCUT2D eigenvalue weighted by molar-refractivity contribution is -0.123. The van der Waals surface area contributed by atoms with E-state index in [-0.39, 0.29) is 17.7 Å². The summed E-state index contributed by atoms with van der Waals surface area (Å²) < 4.78 is 8.92. The number of ether oxygens (including phenoxy) is 1. The van der Waals surface area contributed by atoms with E-state index in [4.69, 9.17) is 16.3 Å². The van der Waals surface area contributed by atoms with Crippen molar-refractivity contribution < 1.29 is 14.3 Å². The van der Waals surface area contributed by atoms with Crippen molar-refractivity contribution in [1.29, 1.82) is 0 Å². The van der Waals surface area contributed by atoms with Gasteiger partial charge in [-0.25, -0.2) is 0 Å². The number of imide groups is 1. The number of aromatic nitrogens is 1. The highest BCUT2D eigenvalue weighted by molar-refractivity contribution is 9.10. The number of hydrogen-bond donors (Lipinski definition) is 0. The first-order chi connectivity index (χ1) is 17.0. The van der Waals surface area contributed by atoms with Crippen LogP contribution < -0.4 is 4.74 Å². The highest BCUT2D eigenvalue weighted by Crippen LogP contribution is 2.35. The van der Waals surface area contributed by atoms with Gasteiger partial charge < -0.3 is 9.30 Å². The van der Waals surface area contributed by atoms with Gasteiger partial charge in [-0.3, -0.25) is 14.5 Å². The van der Waals surface area contributed by atoms with Crippen molar-refractivity contribution in [1.82, 2.24) is 9.47 Å². The van der Waals surface area contributed by atoms with E-state index in [0.29, 0.717) is 23.1 Å². The van der Waals surface area contributed by atoms with Crippen LogP contribution in [0.4, 0.5) is 4.79 Å². The van der Waals surface area contributed by atoms with E-state index in [2.05, 4.69) is 20.5 Å². The second kappa shape index (κ2) is 10.3. The Morgan fingerprint density at radius 1 is 1.00 bits per heavy atom. The average molecular weight is 568 g/mol. The third-order valence-electron chi connectivity index (χ3n) is 5.63. The molecule has 5 nitrogen and oxygen atoms in total. The topological polar surface area (TPSA) is 51.5 Å². The Hall–Kier alpha value is -3.00. The number of rotatable bonds is 7. The van der Waals surface area contributed by atoms with Gasteiger partial charge in [0.1, 0.15) is 12.4 Å². The summed E-state index contributed by atoms with van der Waals surface area (Å²) in [5.41, 5.74) is 2.74. The molecule has 3 aromatic carbocycles. The zero-order valence-corrected chi connectivity index (χ0v) is 21.6. The van der Waals surface area contributed by atoms with Gasteiger partial charge in [0.05, 0.1) is 18.0 Å². The quantitative estimate of drug-likeness (QED) is 0.219. The molecule has 0 spiro atoms. The van der Waals surface area contributed by atoms with E-state index in [1.54, 1.807) is 18.2 Å². The van der Waals surface area contributed by atoms with Crippen LogP contribution in [0.5, 0.6) is 5.75 Å². The highest BCUT2D eigenvalue weighted by Gasteiger charge is 2.35. The monoisotopic (exact) mass is 566 g/mol. The summed E-state index contributed by atoms with van der Waals surface area (Å²) in [5.74, 6) is 0.527. The van der Waals surface area contributed by atoms with E-state index in [0.717, 1.165) is 44.0 Å². The van der Waals surface area contributed by atoms with Gasteiger partial charge in [-0.15, -0.1) is 0 Å². The van der Waals surface area contributed by atoms with Crippen LogP contribution in [-0.4, -0.2) is 27.2 Å². The highest BCUT2D eigenvalue weighted by atomic mass is 79.9. The summed E-state index contributed by atoms with van der Waals surface area (Å²) >= 11 is 10.5. The molecule has 1 saturated heterocycles. The first-order valence-corrected chi connectivity index (χ1v) is 12.9. The molecule has 0 bridgehead atoms. The molecule has 2 amide bonds. The number of halogens is 2. The molecule has 0 aliphatic carbocycles. The maximum absolute atomic E-state index is 13.1. The van der Waals surface area contributed by atoms with Crippen molar-refractivity contribution in [2.75, 3.05) is 6.61 Å².